The van der Waals surface area contributed by atoms with E-state index in [2.05, 4.69) is 206 Å². The molecule has 0 aliphatic rings. The van der Waals surface area contributed by atoms with Gasteiger partial charge in [-0.1, -0.05) is 164 Å². The lowest BCUT2D eigenvalue weighted by molar-refractivity contribution is 1.10. The van der Waals surface area contributed by atoms with Crippen molar-refractivity contribution in [1.29, 1.82) is 0 Å². The van der Waals surface area contributed by atoms with E-state index in [4.69, 9.17) is 4.98 Å². The number of benzene rings is 9. The first kappa shape index (κ1) is 33.3. The third kappa shape index (κ3) is 5.71. The molecule has 1 aromatic heterocycles. The van der Waals surface area contributed by atoms with Crippen molar-refractivity contribution in [3.63, 3.8) is 0 Å². The number of hydrogen-bond donors (Lipinski definition) is 0. The maximum absolute atomic E-state index is 5.12. The summed E-state index contributed by atoms with van der Waals surface area (Å²) in [5.41, 5.74) is 13.9. The van der Waals surface area contributed by atoms with Crippen LogP contribution in [0.25, 0.3) is 99.9 Å². The lowest BCUT2D eigenvalue weighted by atomic mass is 9.84. The molecule has 264 valence electrons. The van der Waals surface area contributed by atoms with Crippen molar-refractivity contribution < 1.29 is 0 Å². The quantitative estimate of drug-likeness (QED) is 0.119. The monoisotopic (exact) mass is 714 g/mol. The summed E-state index contributed by atoms with van der Waals surface area (Å²) in [6, 6.07) is 66.0. The number of fused-ring (bicyclic) bond motifs is 4. The maximum Gasteiger partial charge on any atom is 0.145 e. The molecule has 2 heteroatoms. The van der Waals surface area contributed by atoms with Crippen LogP contribution in [0.5, 0.6) is 0 Å². The summed E-state index contributed by atoms with van der Waals surface area (Å²) in [7, 11) is 0. The normalized spacial score (nSPS) is 11.7. The zero-order valence-corrected chi connectivity index (χ0v) is 31.2. The van der Waals surface area contributed by atoms with E-state index >= 15 is 0 Å². The first-order chi connectivity index (χ1) is 27.6. The highest BCUT2D eigenvalue weighted by atomic mass is 15.1. The molecule has 0 unspecified atom stereocenters. The summed E-state index contributed by atoms with van der Waals surface area (Å²) < 4.78 is 2.26. The van der Waals surface area contributed by atoms with E-state index in [1.54, 1.807) is 0 Å². The van der Waals surface area contributed by atoms with Crippen molar-refractivity contribution in [1.82, 2.24) is 9.55 Å². The Morgan fingerprint density at radius 2 is 1.09 bits per heavy atom. The summed E-state index contributed by atoms with van der Waals surface area (Å²) in [6.07, 6.45) is 6.00. The predicted octanol–water partition coefficient (Wildman–Crippen LogP) is 14.7. The van der Waals surface area contributed by atoms with Crippen LogP contribution in [0.4, 0.5) is 0 Å². The van der Waals surface area contributed by atoms with Gasteiger partial charge in [0.2, 0.25) is 0 Å². The highest BCUT2D eigenvalue weighted by molar-refractivity contribution is 6.22. The van der Waals surface area contributed by atoms with Crippen LogP contribution in [-0.4, -0.2) is 9.55 Å². The van der Waals surface area contributed by atoms with Crippen molar-refractivity contribution in [2.45, 2.75) is 6.92 Å². The van der Waals surface area contributed by atoms with Crippen LogP contribution in [-0.2, 0) is 0 Å². The highest BCUT2D eigenvalue weighted by Gasteiger charge is 2.19. The molecule has 0 radical (unpaired) electrons. The van der Waals surface area contributed by atoms with E-state index in [1.165, 1.54) is 71.3 Å². The zero-order valence-electron chi connectivity index (χ0n) is 31.2. The first-order valence-corrected chi connectivity index (χ1v) is 19.2. The summed E-state index contributed by atoms with van der Waals surface area (Å²) in [6.45, 7) is 6.09. The number of aromatic nitrogens is 2. The second kappa shape index (κ2) is 13.8. The third-order valence-corrected chi connectivity index (χ3v) is 11.1. The minimum Gasteiger partial charge on any atom is -0.292 e. The molecule has 9 aromatic carbocycles. The van der Waals surface area contributed by atoms with Gasteiger partial charge in [-0.05, 0) is 126 Å². The van der Waals surface area contributed by atoms with Gasteiger partial charge in [0.05, 0.1) is 11.0 Å². The van der Waals surface area contributed by atoms with Crippen LogP contribution in [0.1, 0.15) is 11.1 Å². The first-order valence-electron chi connectivity index (χ1n) is 19.2. The number of para-hydroxylation sites is 3. The van der Waals surface area contributed by atoms with E-state index in [9.17, 15) is 0 Å². The Morgan fingerprint density at radius 3 is 1.89 bits per heavy atom. The molecule has 10 aromatic rings. The van der Waals surface area contributed by atoms with Gasteiger partial charge in [0.25, 0.3) is 0 Å². The molecule has 0 bridgehead atoms. The van der Waals surface area contributed by atoms with Crippen LogP contribution in [0, 0.1) is 6.92 Å². The third-order valence-electron chi connectivity index (χ3n) is 11.1. The lowest BCUT2D eigenvalue weighted by Gasteiger charge is -2.19. The highest BCUT2D eigenvalue weighted by Crippen LogP contribution is 2.46. The molecular weight excluding hydrogens is 677 g/mol. The Labute approximate surface area is 327 Å². The average molecular weight is 715 g/mol. The largest absolute Gasteiger partial charge is 0.292 e. The van der Waals surface area contributed by atoms with Crippen molar-refractivity contribution >= 4 is 49.4 Å². The Morgan fingerprint density at radius 1 is 0.482 bits per heavy atom. The lowest BCUT2D eigenvalue weighted by Crippen LogP contribution is -1.97. The molecule has 1 heterocycles. The number of allylic oxidation sites excluding steroid dienone is 2. The molecule has 0 saturated heterocycles. The van der Waals surface area contributed by atoms with Gasteiger partial charge in [0.15, 0.2) is 0 Å². The van der Waals surface area contributed by atoms with Crippen LogP contribution in [0.3, 0.4) is 0 Å². The summed E-state index contributed by atoms with van der Waals surface area (Å²) in [5.74, 6) is 0.928. The minimum absolute atomic E-state index is 0.928. The van der Waals surface area contributed by atoms with Gasteiger partial charge < -0.3 is 0 Å². The summed E-state index contributed by atoms with van der Waals surface area (Å²) in [4.78, 5) is 5.12. The van der Waals surface area contributed by atoms with Crippen LogP contribution in [0.15, 0.2) is 201 Å². The fraction of sp³-hybridized carbons (Fsp3) is 0.0185. The molecule has 0 spiro atoms. The van der Waals surface area contributed by atoms with E-state index in [1.807, 2.05) is 12.2 Å². The van der Waals surface area contributed by atoms with Crippen LogP contribution in [0.2, 0.25) is 0 Å². The topological polar surface area (TPSA) is 17.8 Å². The van der Waals surface area contributed by atoms with Gasteiger partial charge in [-0.3, -0.25) is 4.57 Å². The number of hydrogen-bond acceptors (Lipinski definition) is 1. The maximum atomic E-state index is 5.12. The second-order valence-electron chi connectivity index (χ2n) is 14.5. The number of nitrogens with zero attached hydrogens (tertiary/aromatic N) is 2. The average Bonchev–Trinajstić information content (AvgIpc) is 3.65. The molecule has 0 aliphatic heterocycles. The van der Waals surface area contributed by atoms with Gasteiger partial charge in [-0.15, -0.1) is 0 Å². The molecule has 2 nitrogen and oxygen atoms in total. The second-order valence-corrected chi connectivity index (χ2v) is 14.5. The van der Waals surface area contributed by atoms with Gasteiger partial charge in [-0.2, -0.15) is 0 Å². The molecule has 0 amide bonds. The number of aryl methyl sites for hydroxylation is 1. The fourth-order valence-corrected chi connectivity index (χ4v) is 8.34. The van der Waals surface area contributed by atoms with Crippen molar-refractivity contribution in [3.8, 4) is 50.5 Å². The Balaban J connectivity index is 1.19. The Bertz CT molecular complexity index is 3150. The van der Waals surface area contributed by atoms with E-state index < -0.39 is 0 Å². The Hall–Kier alpha value is -7.29. The number of imidazole rings is 1. The fourth-order valence-electron chi connectivity index (χ4n) is 8.34. The van der Waals surface area contributed by atoms with E-state index in [0.717, 1.165) is 33.7 Å². The van der Waals surface area contributed by atoms with E-state index in [0.29, 0.717) is 0 Å². The molecule has 10 rings (SSSR count). The van der Waals surface area contributed by atoms with Crippen molar-refractivity contribution in [2.24, 2.45) is 0 Å². The molecule has 56 heavy (non-hydrogen) atoms. The number of rotatable bonds is 7. The minimum atomic E-state index is 0.928. The van der Waals surface area contributed by atoms with E-state index in [-0.39, 0.29) is 0 Å². The van der Waals surface area contributed by atoms with Gasteiger partial charge >= 0.3 is 0 Å². The SMILES string of the molecule is C=C/C=C\c1cc(-c2c3ccccc3c(-c3ccc4ccccc4c3)c3ccc(-c4ccc(-c5nc6ccccc6n5-c5ccccc5)cc4)cc23)ccc1C. The summed E-state index contributed by atoms with van der Waals surface area (Å²) in [5, 5.41) is 7.41. The van der Waals surface area contributed by atoms with Gasteiger partial charge in [0.1, 0.15) is 5.82 Å². The standard InChI is InChI=1S/C54H38N2/c1-3-4-14-40-33-43(24-23-36(40)2)53-47-20-11-10-19-46(47)52(44-30-27-37-15-8-9-16-41(37)34-44)48-32-31-42(35-49(48)53)38-25-28-39(29-26-38)54-55-50-21-12-13-22-51(50)56(54)45-17-6-5-7-18-45/h3-35H,1H2,2H3/b14-4-. The molecule has 0 aliphatic carbocycles. The predicted molar refractivity (Wildman–Crippen MR) is 239 cm³/mol. The molecular formula is C54H38N2. The molecule has 0 N–H and O–H groups in total. The summed E-state index contributed by atoms with van der Waals surface area (Å²) >= 11 is 0. The zero-order chi connectivity index (χ0) is 37.6. The molecule has 0 saturated carbocycles. The molecule has 0 atom stereocenters. The van der Waals surface area contributed by atoms with Crippen LogP contribution < -0.4 is 0 Å². The smallest absolute Gasteiger partial charge is 0.145 e. The van der Waals surface area contributed by atoms with Crippen molar-refractivity contribution in [3.05, 3.63) is 212 Å². The Kier molecular flexibility index (Phi) is 8.23. The van der Waals surface area contributed by atoms with Crippen LogP contribution >= 0.6 is 0 Å². The van der Waals surface area contributed by atoms with Gasteiger partial charge in [0, 0.05) is 11.3 Å². The van der Waals surface area contributed by atoms with Crippen molar-refractivity contribution in [2.75, 3.05) is 0 Å². The van der Waals surface area contributed by atoms with Gasteiger partial charge in [-0.25, -0.2) is 4.98 Å². The molecule has 0 fully saturated rings.